The largest absolute Gasteiger partial charge is 0.252 e. The molecule has 3 nitrogen and oxygen atoms in total. The van der Waals surface area contributed by atoms with Crippen LogP contribution in [0.4, 0.5) is 0 Å². The lowest BCUT2D eigenvalue weighted by atomic mass is 9.89. The lowest BCUT2D eigenvalue weighted by Crippen LogP contribution is -2.15. The van der Waals surface area contributed by atoms with Gasteiger partial charge < -0.3 is 0 Å². The summed E-state index contributed by atoms with van der Waals surface area (Å²) in [6.07, 6.45) is 3.52. The fourth-order valence-electron chi connectivity index (χ4n) is 1.58. The topological polar surface area (TPSA) is 30.7 Å². The first-order chi connectivity index (χ1) is 6.46. The summed E-state index contributed by atoms with van der Waals surface area (Å²) in [5.41, 5.74) is 2.55. The van der Waals surface area contributed by atoms with Gasteiger partial charge >= 0.3 is 0 Å². The number of hydrogen-bond donors (Lipinski definition) is 0. The van der Waals surface area contributed by atoms with Crippen LogP contribution < -0.4 is 0 Å². The number of nitrogens with zero attached hydrogens (tertiary/aromatic N) is 3. The molecule has 0 saturated carbocycles. The van der Waals surface area contributed by atoms with Crippen LogP contribution in [0.5, 0.6) is 0 Å². The van der Waals surface area contributed by atoms with Crippen LogP contribution >= 0.6 is 0 Å². The van der Waals surface area contributed by atoms with Crippen LogP contribution in [0.3, 0.4) is 0 Å². The molecule has 1 heterocycles. The van der Waals surface area contributed by atoms with Crippen LogP contribution in [0.2, 0.25) is 0 Å². The van der Waals surface area contributed by atoms with E-state index < -0.39 is 0 Å². The zero-order chi connectivity index (χ0) is 10.8. The summed E-state index contributed by atoms with van der Waals surface area (Å²) in [4.78, 5) is 0. The van der Waals surface area contributed by atoms with Gasteiger partial charge in [-0.2, -0.15) is 0 Å². The molecule has 0 unspecified atom stereocenters. The van der Waals surface area contributed by atoms with E-state index in [9.17, 15) is 0 Å². The molecule has 0 aliphatic carbocycles. The summed E-state index contributed by atoms with van der Waals surface area (Å²) in [6.45, 7) is 8.77. The smallest absolute Gasteiger partial charge is 0.0912 e. The minimum absolute atomic E-state index is 0.108. The van der Waals surface area contributed by atoms with Crippen molar-refractivity contribution >= 4 is 0 Å². The molecule has 0 aliphatic rings. The van der Waals surface area contributed by atoms with E-state index in [2.05, 4.69) is 38.0 Å². The van der Waals surface area contributed by atoms with Gasteiger partial charge in [0.15, 0.2) is 0 Å². The minimum atomic E-state index is 0.108. The highest BCUT2D eigenvalue weighted by Crippen LogP contribution is 2.24. The predicted octanol–water partition coefficient (Wildman–Crippen LogP) is 2.46. The summed E-state index contributed by atoms with van der Waals surface area (Å²) in [7, 11) is 1.98. The SMILES string of the molecule is CCCCc1c(C(C)(C)C)nnn1C. The third-order valence-electron chi connectivity index (χ3n) is 2.42. The average Bonchev–Trinajstić information content (AvgIpc) is 2.42. The third kappa shape index (κ3) is 2.34. The van der Waals surface area contributed by atoms with Gasteiger partial charge in [0.2, 0.25) is 0 Å². The Morgan fingerprint density at radius 3 is 2.43 bits per heavy atom. The van der Waals surface area contributed by atoms with Gasteiger partial charge in [0.05, 0.1) is 11.4 Å². The van der Waals surface area contributed by atoms with Crippen molar-refractivity contribution in [3.63, 3.8) is 0 Å². The lowest BCUT2D eigenvalue weighted by Gasteiger charge is -2.17. The van der Waals surface area contributed by atoms with Crippen LogP contribution in [0.15, 0.2) is 0 Å². The second kappa shape index (κ2) is 4.11. The second-order valence-electron chi connectivity index (χ2n) is 4.86. The van der Waals surface area contributed by atoms with Crippen molar-refractivity contribution in [2.24, 2.45) is 7.05 Å². The zero-order valence-corrected chi connectivity index (χ0v) is 9.96. The molecule has 0 aliphatic heterocycles. The van der Waals surface area contributed by atoms with Crippen LogP contribution in [-0.4, -0.2) is 15.0 Å². The van der Waals surface area contributed by atoms with Gasteiger partial charge in [0.1, 0.15) is 0 Å². The molecule has 0 aromatic carbocycles. The lowest BCUT2D eigenvalue weighted by molar-refractivity contribution is 0.557. The van der Waals surface area contributed by atoms with Gasteiger partial charge in [-0.05, 0) is 12.8 Å². The fraction of sp³-hybridized carbons (Fsp3) is 0.818. The molecule has 0 fully saturated rings. The van der Waals surface area contributed by atoms with Gasteiger partial charge in [-0.25, -0.2) is 0 Å². The summed E-state index contributed by atoms with van der Waals surface area (Å²) in [5.74, 6) is 0. The predicted molar refractivity (Wildman–Crippen MR) is 58.3 cm³/mol. The van der Waals surface area contributed by atoms with Gasteiger partial charge in [0.25, 0.3) is 0 Å². The molecule has 80 valence electrons. The molecular formula is C11H21N3. The molecule has 0 bridgehead atoms. The first-order valence-corrected chi connectivity index (χ1v) is 5.36. The summed E-state index contributed by atoms with van der Waals surface area (Å²) < 4.78 is 1.91. The van der Waals surface area contributed by atoms with Crippen LogP contribution in [0, 0.1) is 0 Å². The Kier molecular flexibility index (Phi) is 3.29. The number of hydrogen-bond acceptors (Lipinski definition) is 2. The maximum atomic E-state index is 4.25. The van der Waals surface area contributed by atoms with Crippen LogP contribution in [0.25, 0.3) is 0 Å². The summed E-state index contributed by atoms with van der Waals surface area (Å²) >= 11 is 0. The van der Waals surface area contributed by atoms with E-state index in [0.717, 1.165) is 12.1 Å². The Balaban J connectivity index is 2.94. The van der Waals surface area contributed by atoms with Crippen molar-refractivity contribution < 1.29 is 0 Å². The molecule has 1 aromatic heterocycles. The van der Waals surface area contributed by atoms with E-state index in [4.69, 9.17) is 0 Å². The molecule has 0 radical (unpaired) electrons. The normalized spacial score (nSPS) is 12.1. The minimum Gasteiger partial charge on any atom is -0.252 e. The molecular weight excluding hydrogens is 174 g/mol. The first-order valence-electron chi connectivity index (χ1n) is 5.36. The molecule has 1 rings (SSSR count). The highest BCUT2D eigenvalue weighted by Gasteiger charge is 2.22. The van der Waals surface area contributed by atoms with Crippen molar-refractivity contribution in [3.8, 4) is 0 Å². The van der Waals surface area contributed by atoms with E-state index in [1.165, 1.54) is 18.5 Å². The van der Waals surface area contributed by atoms with E-state index in [1.807, 2.05) is 11.7 Å². The average molecular weight is 195 g/mol. The monoisotopic (exact) mass is 195 g/mol. The maximum absolute atomic E-state index is 4.25. The number of rotatable bonds is 3. The number of aromatic nitrogens is 3. The third-order valence-corrected chi connectivity index (χ3v) is 2.42. The molecule has 14 heavy (non-hydrogen) atoms. The van der Waals surface area contributed by atoms with Crippen molar-refractivity contribution in [1.82, 2.24) is 15.0 Å². The van der Waals surface area contributed by atoms with Gasteiger partial charge in [0, 0.05) is 12.5 Å². The Hall–Kier alpha value is -0.860. The second-order valence-corrected chi connectivity index (χ2v) is 4.86. The first kappa shape index (κ1) is 11.2. The van der Waals surface area contributed by atoms with Crippen molar-refractivity contribution in [2.75, 3.05) is 0 Å². The van der Waals surface area contributed by atoms with Crippen LogP contribution in [-0.2, 0) is 18.9 Å². The quantitative estimate of drug-likeness (QED) is 0.741. The number of aryl methyl sites for hydroxylation is 1. The van der Waals surface area contributed by atoms with E-state index in [-0.39, 0.29) is 5.41 Å². The Bertz CT molecular complexity index is 294. The van der Waals surface area contributed by atoms with Crippen molar-refractivity contribution in [2.45, 2.75) is 52.4 Å². The molecule has 1 aromatic rings. The van der Waals surface area contributed by atoms with Crippen molar-refractivity contribution in [1.29, 1.82) is 0 Å². The molecule has 3 heteroatoms. The standard InChI is InChI=1S/C11H21N3/c1-6-7-8-9-10(11(2,3)4)12-13-14(9)5/h6-8H2,1-5H3. The van der Waals surface area contributed by atoms with E-state index in [0.29, 0.717) is 0 Å². The molecule has 0 atom stereocenters. The Morgan fingerprint density at radius 2 is 1.93 bits per heavy atom. The Morgan fingerprint density at radius 1 is 1.29 bits per heavy atom. The number of unbranched alkanes of at least 4 members (excludes halogenated alkanes) is 1. The highest BCUT2D eigenvalue weighted by atomic mass is 15.4. The van der Waals surface area contributed by atoms with E-state index in [1.54, 1.807) is 0 Å². The zero-order valence-electron chi connectivity index (χ0n) is 9.96. The summed E-state index contributed by atoms with van der Waals surface area (Å²) in [6, 6.07) is 0. The van der Waals surface area contributed by atoms with Crippen LogP contribution in [0.1, 0.15) is 51.9 Å². The highest BCUT2D eigenvalue weighted by molar-refractivity contribution is 5.18. The van der Waals surface area contributed by atoms with Gasteiger partial charge in [-0.1, -0.05) is 39.3 Å². The van der Waals surface area contributed by atoms with Gasteiger partial charge in [-0.15, -0.1) is 5.10 Å². The molecule has 0 amide bonds. The summed E-state index contributed by atoms with van der Waals surface area (Å²) in [5, 5.41) is 8.36. The Labute approximate surface area is 86.5 Å². The van der Waals surface area contributed by atoms with E-state index >= 15 is 0 Å². The molecule has 0 spiro atoms. The van der Waals surface area contributed by atoms with Gasteiger partial charge in [-0.3, -0.25) is 4.68 Å². The fourth-order valence-corrected chi connectivity index (χ4v) is 1.58. The molecule has 0 saturated heterocycles. The van der Waals surface area contributed by atoms with Crippen molar-refractivity contribution in [3.05, 3.63) is 11.4 Å². The molecule has 0 N–H and O–H groups in total. The maximum Gasteiger partial charge on any atom is 0.0912 e.